The minimum absolute atomic E-state index is 0.221. The van der Waals surface area contributed by atoms with Crippen LogP contribution in [0, 0.1) is 5.92 Å². The number of rotatable bonds is 5. The summed E-state index contributed by atoms with van der Waals surface area (Å²) in [6.07, 6.45) is 5.49. The third-order valence-electron chi connectivity index (χ3n) is 3.73. The van der Waals surface area contributed by atoms with E-state index in [9.17, 15) is 4.79 Å². The number of carbonyl (C=O) groups excluding carboxylic acids is 1. The summed E-state index contributed by atoms with van der Waals surface area (Å²) in [6, 6.07) is 0.346. The van der Waals surface area contributed by atoms with Crippen molar-refractivity contribution in [2.75, 3.05) is 19.7 Å². The van der Waals surface area contributed by atoms with Gasteiger partial charge in [-0.3, -0.25) is 4.79 Å². The second kappa shape index (κ2) is 6.36. The van der Waals surface area contributed by atoms with Crippen LogP contribution in [-0.4, -0.2) is 37.7 Å². The molecule has 2 N–H and O–H groups in total. The van der Waals surface area contributed by atoms with E-state index in [1.807, 2.05) is 6.92 Å². The van der Waals surface area contributed by atoms with Gasteiger partial charge < -0.3 is 15.4 Å². The monoisotopic (exact) mass is 240 g/mol. The lowest BCUT2D eigenvalue weighted by molar-refractivity contribution is -0.125. The summed E-state index contributed by atoms with van der Waals surface area (Å²) in [5.74, 6) is 0.766. The Kier molecular flexibility index (Phi) is 4.80. The molecule has 1 atom stereocenters. The van der Waals surface area contributed by atoms with Crippen LogP contribution in [0.25, 0.3) is 0 Å². The zero-order valence-corrected chi connectivity index (χ0v) is 10.7. The molecule has 2 fully saturated rings. The van der Waals surface area contributed by atoms with Crippen LogP contribution in [0.5, 0.6) is 0 Å². The maximum absolute atomic E-state index is 11.8. The molecule has 1 saturated carbocycles. The molecule has 98 valence electrons. The second-order valence-corrected chi connectivity index (χ2v) is 5.23. The molecule has 4 heteroatoms. The zero-order valence-electron chi connectivity index (χ0n) is 10.7. The Bertz CT molecular complexity index is 246. The molecule has 1 amide bonds. The summed E-state index contributed by atoms with van der Waals surface area (Å²) < 4.78 is 5.50. The summed E-state index contributed by atoms with van der Waals surface area (Å²) >= 11 is 0. The number of hydrogen-bond acceptors (Lipinski definition) is 3. The predicted octanol–water partition coefficient (Wildman–Crippen LogP) is 1.06. The summed E-state index contributed by atoms with van der Waals surface area (Å²) in [7, 11) is 0. The standard InChI is InChI=1S/C13H24N2O2/c1-2-17-12-6-10(7-12)8-13(16)15-11-4-3-5-14-9-11/h10-12,14H,2-9H2,1H3,(H,15,16). The topological polar surface area (TPSA) is 50.4 Å². The number of amides is 1. The number of hydrogen-bond donors (Lipinski definition) is 2. The van der Waals surface area contributed by atoms with E-state index < -0.39 is 0 Å². The first-order valence-corrected chi connectivity index (χ1v) is 6.89. The lowest BCUT2D eigenvalue weighted by Crippen LogP contribution is -2.46. The van der Waals surface area contributed by atoms with Gasteiger partial charge in [0.05, 0.1) is 6.10 Å². The van der Waals surface area contributed by atoms with E-state index in [4.69, 9.17) is 4.74 Å². The predicted molar refractivity (Wildman–Crippen MR) is 66.8 cm³/mol. The van der Waals surface area contributed by atoms with Crippen molar-refractivity contribution >= 4 is 5.91 Å². The molecule has 0 aromatic rings. The number of piperidine rings is 1. The van der Waals surface area contributed by atoms with E-state index in [1.165, 1.54) is 6.42 Å². The second-order valence-electron chi connectivity index (χ2n) is 5.23. The van der Waals surface area contributed by atoms with Crippen molar-refractivity contribution in [3.63, 3.8) is 0 Å². The van der Waals surface area contributed by atoms with Crippen molar-refractivity contribution in [2.24, 2.45) is 5.92 Å². The van der Waals surface area contributed by atoms with Gasteiger partial charge in [0, 0.05) is 25.6 Å². The molecule has 1 saturated heterocycles. The zero-order chi connectivity index (χ0) is 12.1. The van der Waals surface area contributed by atoms with Gasteiger partial charge in [0.15, 0.2) is 0 Å². The Morgan fingerprint density at radius 2 is 2.29 bits per heavy atom. The van der Waals surface area contributed by atoms with Crippen molar-refractivity contribution in [1.82, 2.24) is 10.6 Å². The smallest absolute Gasteiger partial charge is 0.220 e. The van der Waals surface area contributed by atoms with Crippen LogP contribution in [0.2, 0.25) is 0 Å². The average molecular weight is 240 g/mol. The SMILES string of the molecule is CCOC1CC(CC(=O)NC2CCCNC2)C1. The largest absolute Gasteiger partial charge is 0.378 e. The van der Waals surface area contributed by atoms with Crippen LogP contribution >= 0.6 is 0 Å². The Morgan fingerprint density at radius 3 is 2.94 bits per heavy atom. The highest BCUT2D eigenvalue weighted by molar-refractivity contribution is 5.76. The van der Waals surface area contributed by atoms with Crippen molar-refractivity contribution in [1.29, 1.82) is 0 Å². The Morgan fingerprint density at radius 1 is 1.47 bits per heavy atom. The van der Waals surface area contributed by atoms with Crippen LogP contribution < -0.4 is 10.6 Å². The summed E-state index contributed by atoms with van der Waals surface area (Å²) in [6.45, 7) is 4.83. The minimum atomic E-state index is 0.221. The van der Waals surface area contributed by atoms with Gasteiger partial charge >= 0.3 is 0 Å². The summed E-state index contributed by atoms with van der Waals surface area (Å²) in [4.78, 5) is 11.8. The first-order valence-electron chi connectivity index (χ1n) is 6.89. The molecule has 0 aromatic carbocycles. The maximum atomic E-state index is 11.8. The summed E-state index contributed by atoms with van der Waals surface area (Å²) in [5.41, 5.74) is 0. The van der Waals surface area contributed by atoms with Crippen LogP contribution in [0.15, 0.2) is 0 Å². The molecule has 17 heavy (non-hydrogen) atoms. The number of carbonyl (C=O) groups is 1. The number of nitrogens with one attached hydrogen (secondary N) is 2. The highest BCUT2D eigenvalue weighted by Gasteiger charge is 2.31. The summed E-state index contributed by atoms with van der Waals surface area (Å²) in [5, 5.41) is 6.43. The van der Waals surface area contributed by atoms with Crippen molar-refractivity contribution in [2.45, 2.75) is 51.2 Å². The van der Waals surface area contributed by atoms with Crippen molar-refractivity contribution < 1.29 is 9.53 Å². The van der Waals surface area contributed by atoms with Gasteiger partial charge in [0.1, 0.15) is 0 Å². The van der Waals surface area contributed by atoms with E-state index in [-0.39, 0.29) is 5.91 Å². The molecule has 0 bridgehead atoms. The Hall–Kier alpha value is -0.610. The first kappa shape index (κ1) is 12.8. The quantitative estimate of drug-likeness (QED) is 0.755. The number of ether oxygens (including phenoxy) is 1. The molecule has 2 rings (SSSR count). The van der Waals surface area contributed by atoms with Gasteiger partial charge in [0.2, 0.25) is 5.91 Å². The fourth-order valence-corrected chi connectivity index (χ4v) is 2.74. The van der Waals surface area contributed by atoms with E-state index in [1.54, 1.807) is 0 Å². The maximum Gasteiger partial charge on any atom is 0.220 e. The molecule has 4 nitrogen and oxygen atoms in total. The lowest BCUT2D eigenvalue weighted by atomic mass is 9.80. The third-order valence-corrected chi connectivity index (χ3v) is 3.73. The van der Waals surface area contributed by atoms with Crippen LogP contribution in [-0.2, 0) is 9.53 Å². The van der Waals surface area contributed by atoms with E-state index in [2.05, 4.69) is 10.6 Å². The van der Waals surface area contributed by atoms with Crippen LogP contribution in [0.4, 0.5) is 0 Å². The fraction of sp³-hybridized carbons (Fsp3) is 0.923. The normalized spacial score (nSPS) is 32.9. The first-order chi connectivity index (χ1) is 8.28. The van der Waals surface area contributed by atoms with Gasteiger partial charge in [-0.1, -0.05) is 0 Å². The lowest BCUT2D eigenvalue weighted by Gasteiger charge is -2.35. The molecule has 0 radical (unpaired) electrons. The molecule has 0 aromatic heterocycles. The van der Waals surface area contributed by atoms with Gasteiger partial charge in [-0.05, 0) is 45.1 Å². The Balaban J connectivity index is 1.58. The molecular weight excluding hydrogens is 216 g/mol. The highest BCUT2D eigenvalue weighted by Crippen LogP contribution is 2.32. The van der Waals surface area contributed by atoms with Crippen molar-refractivity contribution in [3.8, 4) is 0 Å². The fourth-order valence-electron chi connectivity index (χ4n) is 2.74. The van der Waals surface area contributed by atoms with Gasteiger partial charge in [-0.25, -0.2) is 0 Å². The Labute approximate surface area is 103 Å². The van der Waals surface area contributed by atoms with Gasteiger partial charge in [-0.2, -0.15) is 0 Å². The molecule has 1 aliphatic carbocycles. The minimum Gasteiger partial charge on any atom is -0.378 e. The van der Waals surface area contributed by atoms with E-state index in [0.29, 0.717) is 24.5 Å². The van der Waals surface area contributed by atoms with E-state index >= 15 is 0 Å². The molecule has 1 aliphatic heterocycles. The van der Waals surface area contributed by atoms with Gasteiger partial charge in [0.25, 0.3) is 0 Å². The van der Waals surface area contributed by atoms with Crippen LogP contribution in [0.3, 0.4) is 0 Å². The molecule has 2 aliphatic rings. The highest BCUT2D eigenvalue weighted by atomic mass is 16.5. The van der Waals surface area contributed by atoms with Gasteiger partial charge in [-0.15, -0.1) is 0 Å². The average Bonchev–Trinajstić information content (AvgIpc) is 2.27. The molecular formula is C13H24N2O2. The molecule has 1 heterocycles. The third kappa shape index (κ3) is 3.96. The van der Waals surface area contributed by atoms with E-state index in [0.717, 1.165) is 39.0 Å². The van der Waals surface area contributed by atoms with Crippen LogP contribution in [0.1, 0.15) is 39.0 Å². The molecule has 0 spiro atoms. The molecule has 1 unspecified atom stereocenters. The van der Waals surface area contributed by atoms with Crippen molar-refractivity contribution in [3.05, 3.63) is 0 Å².